The van der Waals surface area contributed by atoms with Gasteiger partial charge in [0.2, 0.25) is 5.91 Å². The van der Waals surface area contributed by atoms with Crippen molar-refractivity contribution in [3.05, 3.63) is 65.7 Å². The molecule has 3 N–H and O–H groups in total. The molecule has 0 bridgehead atoms. The molecule has 31 heavy (non-hydrogen) atoms. The summed E-state index contributed by atoms with van der Waals surface area (Å²) in [6, 6.07) is 19.7. The highest BCUT2D eigenvalue weighted by atomic mass is 16.1. The van der Waals surface area contributed by atoms with E-state index in [0.717, 1.165) is 50.5 Å². The molecule has 1 fully saturated rings. The molecule has 1 heterocycles. The molecule has 2 aromatic carbocycles. The van der Waals surface area contributed by atoms with Gasteiger partial charge in [-0.25, -0.2) is 0 Å². The van der Waals surface area contributed by atoms with E-state index in [1.165, 1.54) is 18.1 Å². The zero-order chi connectivity index (χ0) is 22.1. The van der Waals surface area contributed by atoms with Crippen molar-refractivity contribution in [2.75, 3.05) is 25.5 Å². The van der Waals surface area contributed by atoms with E-state index < -0.39 is 0 Å². The normalized spacial score (nSPS) is 19.6. The summed E-state index contributed by atoms with van der Waals surface area (Å²) in [5, 5.41) is 9.83. The second-order valence-corrected chi connectivity index (χ2v) is 8.30. The first-order valence-electron chi connectivity index (χ1n) is 11.1. The number of likely N-dealkylation sites (tertiary alicyclic amines) is 1. The van der Waals surface area contributed by atoms with Crippen LogP contribution in [0, 0.1) is 0 Å². The van der Waals surface area contributed by atoms with Crippen LogP contribution in [0.1, 0.15) is 37.8 Å². The van der Waals surface area contributed by atoms with Gasteiger partial charge in [0.15, 0.2) is 5.96 Å². The van der Waals surface area contributed by atoms with Crippen molar-refractivity contribution in [1.82, 2.24) is 15.5 Å². The highest BCUT2D eigenvalue weighted by molar-refractivity contribution is 5.88. The number of anilines is 1. The van der Waals surface area contributed by atoms with Gasteiger partial charge in [-0.1, -0.05) is 42.5 Å². The van der Waals surface area contributed by atoms with Gasteiger partial charge < -0.3 is 16.0 Å². The predicted octanol–water partition coefficient (Wildman–Crippen LogP) is 3.41. The molecule has 1 saturated heterocycles. The first-order chi connectivity index (χ1) is 15.0. The fourth-order valence-corrected chi connectivity index (χ4v) is 4.08. The average molecular weight is 422 g/mol. The number of nitrogens with zero attached hydrogens (tertiary/aromatic N) is 2. The van der Waals surface area contributed by atoms with Crippen LogP contribution in [-0.2, 0) is 17.8 Å². The van der Waals surface area contributed by atoms with E-state index in [-0.39, 0.29) is 5.91 Å². The summed E-state index contributed by atoms with van der Waals surface area (Å²) in [6.45, 7) is 6.75. The lowest BCUT2D eigenvalue weighted by Crippen LogP contribution is -2.51. The molecule has 0 spiro atoms. The summed E-state index contributed by atoms with van der Waals surface area (Å²) < 4.78 is 0. The Labute approximate surface area is 186 Å². The highest BCUT2D eigenvalue weighted by Gasteiger charge is 2.25. The summed E-state index contributed by atoms with van der Waals surface area (Å²) in [6.07, 6.45) is 3.12. The topological polar surface area (TPSA) is 68.8 Å². The predicted molar refractivity (Wildman–Crippen MR) is 128 cm³/mol. The van der Waals surface area contributed by atoms with Gasteiger partial charge in [-0.2, -0.15) is 0 Å². The molecular weight excluding hydrogens is 386 g/mol. The van der Waals surface area contributed by atoms with Crippen LogP contribution in [0.4, 0.5) is 5.69 Å². The fraction of sp³-hybridized carbons (Fsp3) is 0.440. The van der Waals surface area contributed by atoms with E-state index in [9.17, 15) is 4.79 Å². The van der Waals surface area contributed by atoms with E-state index in [2.05, 4.69) is 63.1 Å². The molecule has 3 rings (SSSR count). The average Bonchev–Trinajstić information content (AvgIpc) is 2.76. The largest absolute Gasteiger partial charge is 0.356 e. The first-order valence-corrected chi connectivity index (χ1v) is 11.1. The number of aliphatic imine (C=N–C) groups is 1. The lowest BCUT2D eigenvalue weighted by molar-refractivity contribution is -0.114. The molecule has 166 valence electrons. The molecule has 1 amide bonds. The summed E-state index contributed by atoms with van der Waals surface area (Å²) in [5.74, 6) is 0.813. The van der Waals surface area contributed by atoms with Crippen molar-refractivity contribution in [2.24, 2.45) is 4.99 Å². The maximum absolute atomic E-state index is 11.1. The molecule has 1 aliphatic rings. The number of nitrogens with one attached hydrogen (secondary N) is 3. The van der Waals surface area contributed by atoms with Crippen LogP contribution in [0.3, 0.4) is 0 Å². The Bertz CT molecular complexity index is 850. The van der Waals surface area contributed by atoms with Crippen molar-refractivity contribution >= 4 is 17.6 Å². The minimum atomic E-state index is -0.0514. The van der Waals surface area contributed by atoms with Crippen molar-refractivity contribution in [2.45, 2.75) is 51.7 Å². The number of rotatable bonds is 7. The Balaban J connectivity index is 1.40. The van der Waals surface area contributed by atoms with Crippen LogP contribution in [-0.4, -0.2) is 49.0 Å². The second kappa shape index (κ2) is 11.5. The lowest BCUT2D eigenvalue weighted by Gasteiger charge is -2.38. The fourth-order valence-electron chi connectivity index (χ4n) is 4.08. The molecule has 0 aromatic heterocycles. The third-order valence-corrected chi connectivity index (χ3v) is 5.79. The first kappa shape index (κ1) is 22.8. The minimum Gasteiger partial charge on any atom is -0.356 e. The van der Waals surface area contributed by atoms with Crippen molar-refractivity contribution < 1.29 is 4.79 Å². The van der Waals surface area contributed by atoms with Gasteiger partial charge in [0.25, 0.3) is 0 Å². The summed E-state index contributed by atoms with van der Waals surface area (Å²) in [5.41, 5.74) is 3.43. The molecule has 2 atom stereocenters. The van der Waals surface area contributed by atoms with Crippen molar-refractivity contribution in [1.29, 1.82) is 0 Å². The van der Waals surface area contributed by atoms with Crippen LogP contribution in [0.15, 0.2) is 59.6 Å². The zero-order valence-corrected chi connectivity index (χ0v) is 18.9. The summed E-state index contributed by atoms with van der Waals surface area (Å²) in [7, 11) is 1.82. The maximum atomic E-state index is 11.1. The number of piperidine rings is 1. The molecule has 6 heteroatoms. The van der Waals surface area contributed by atoms with Crippen molar-refractivity contribution in [3.63, 3.8) is 0 Å². The molecular formula is C25H35N5O. The van der Waals surface area contributed by atoms with Gasteiger partial charge in [0.1, 0.15) is 0 Å². The van der Waals surface area contributed by atoms with E-state index in [0.29, 0.717) is 12.1 Å². The Morgan fingerprint density at radius 1 is 1.10 bits per heavy atom. The van der Waals surface area contributed by atoms with Crippen molar-refractivity contribution in [3.8, 4) is 0 Å². The molecule has 0 radical (unpaired) electrons. The third kappa shape index (κ3) is 7.40. The van der Waals surface area contributed by atoms with Crippen LogP contribution >= 0.6 is 0 Å². The Hall–Kier alpha value is -2.86. The van der Waals surface area contributed by atoms with Crippen LogP contribution in [0.5, 0.6) is 0 Å². The van der Waals surface area contributed by atoms with Crippen LogP contribution < -0.4 is 16.0 Å². The van der Waals surface area contributed by atoms with Gasteiger partial charge in [0, 0.05) is 51.4 Å². The molecule has 2 aromatic rings. The van der Waals surface area contributed by atoms with Gasteiger partial charge in [0.05, 0.1) is 0 Å². The maximum Gasteiger partial charge on any atom is 0.221 e. The number of hydrogen-bond acceptors (Lipinski definition) is 3. The van der Waals surface area contributed by atoms with E-state index in [1.54, 1.807) is 0 Å². The number of benzene rings is 2. The van der Waals surface area contributed by atoms with E-state index >= 15 is 0 Å². The number of carbonyl (C=O) groups excluding carboxylic acids is 1. The number of amides is 1. The highest BCUT2D eigenvalue weighted by Crippen LogP contribution is 2.20. The standard InChI is InChI=1S/C25H35N5O/c1-19-17-24(14-16-30(19)18-22-7-5-4-6-8-22)29-25(26-3)27-15-13-21-9-11-23(12-10-21)28-20(2)31/h4-12,19,24H,13-18H2,1-3H3,(H,28,31)(H2,26,27,29). The number of carbonyl (C=O) groups is 1. The summed E-state index contributed by atoms with van der Waals surface area (Å²) >= 11 is 0. The monoisotopic (exact) mass is 421 g/mol. The number of guanidine groups is 1. The van der Waals surface area contributed by atoms with Gasteiger partial charge in [-0.05, 0) is 49.4 Å². The van der Waals surface area contributed by atoms with Gasteiger partial charge in [-0.15, -0.1) is 0 Å². The van der Waals surface area contributed by atoms with Gasteiger partial charge >= 0.3 is 0 Å². The SMILES string of the molecule is CN=C(NCCc1ccc(NC(C)=O)cc1)NC1CCN(Cc2ccccc2)C(C)C1. The second-order valence-electron chi connectivity index (χ2n) is 8.30. The van der Waals surface area contributed by atoms with E-state index in [4.69, 9.17) is 0 Å². The third-order valence-electron chi connectivity index (χ3n) is 5.79. The molecule has 6 nitrogen and oxygen atoms in total. The van der Waals surface area contributed by atoms with Crippen LogP contribution in [0.25, 0.3) is 0 Å². The number of hydrogen-bond donors (Lipinski definition) is 3. The molecule has 2 unspecified atom stereocenters. The molecule has 0 aliphatic carbocycles. The van der Waals surface area contributed by atoms with Gasteiger partial charge in [-0.3, -0.25) is 14.7 Å². The quantitative estimate of drug-likeness (QED) is 0.473. The zero-order valence-electron chi connectivity index (χ0n) is 18.9. The Kier molecular flexibility index (Phi) is 8.47. The lowest BCUT2D eigenvalue weighted by atomic mass is 9.97. The Morgan fingerprint density at radius 3 is 2.48 bits per heavy atom. The minimum absolute atomic E-state index is 0.0514. The smallest absolute Gasteiger partial charge is 0.221 e. The molecule has 1 aliphatic heterocycles. The van der Waals surface area contributed by atoms with E-state index in [1.807, 2.05) is 31.3 Å². The Morgan fingerprint density at radius 2 is 1.84 bits per heavy atom. The van der Waals surface area contributed by atoms with Crippen LogP contribution in [0.2, 0.25) is 0 Å². The molecule has 0 saturated carbocycles. The summed E-state index contributed by atoms with van der Waals surface area (Å²) in [4.78, 5) is 18.1.